The number of likely N-dealkylation sites (tertiary alicyclic amines) is 1. The third-order valence-electron chi connectivity index (χ3n) is 2.57. The van der Waals surface area contributed by atoms with Crippen LogP contribution in [0.3, 0.4) is 0 Å². The van der Waals surface area contributed by atoms with Crippen LogP contribution in [0.1, 0.15) is 13.3 Å². The first-order valence-electron chi connectivity index (χ1n) is 4.88. The van der Waals surface area contributed by atoms with Gasteiger partial charge in [-0.1, -0.05) is 0 Å². The molecular weight excluding hydrogens is 228 g/mol. The van der Waals surface area contributed by atoms with E-state index in [1.54, 1.807) is 19.0 Å². The van der Waals surface area contributed by atoms with Crippen LogP contribution in [-0.2, 0) is 9.59 Å². The maximum absolute atomic E-state index is 11.8. The molecule has 0 bridgehead atoms. The van der Waals surface area contributed by atoms with Crippen molar-refractivity contribution in [3.63, 3.8) is 0 Å². The molecule has 0 spiro atoms. The lowest BCUT2D eigenvalue weighted by atomic mass is 9.98. The Kier molecular flexibility index (Phi) is 3.12. The minimum absolute atomic E-state index is 0.133. The van der Waals surface area contributed by atoms with E-state index in [1.165, 1.54) is 13.1 Å². The quantitative estimate of drug-likeness (QED) is 0.670. The molecule has 1 atom stereocenters. The van der Waals surface area contributed by atoms with Crippen LogP contribution in [0, 0.1) is 0 Å². The van der Waals surface area contributed by atoms with E-state index in [9.17, 15) is 14.4 Å². The standard InChI is InChI=1S/C10H14N2O5/c1-10(8(14)15)4-6(5-11(2)3)7(13)12(10)9(16)17/h5H,4H2,1-3H3,(H,14,15)(H,16,17)/b6-5+/t10-/m0/s1. The number of carbonyl (C=O) groups is 3. The van der Waals surface area contributed by atoms with Crippen LogP contribution in [-0.4, -0.2) is 57.6 Å². The molecule has 0 aromatic heterocycles. The minimum atomic E-state index is -1.73. The Morgan fingerprint density at radius 1 is 1.41 bits per heavy atom. The van der Waals surface area contributed by atoms with Gasteiger partial charge >= 0.3 is 12.1 Å². The summed E-state index contributed by atoms with van der Waals surface area (Å²) >= 11 is 0. The zero-order chi connectivity index (χ0) is 13.4. The molecule has 0 radical (unpaired) electrons. The number of amides is 2. The topological polar surface area (TPSA) is 98.2 Å². The zero-order valence-electron chi connectivity index (χ0n) is 9.80. The number of carbonyl (C=O) groups excluding carboxylic acids is 1. The molecule has 0 unspecified atom stereocenters. The molecule has 17 heavy (non-hydrogen) atoms. The first kappa shape index (κ1) is 13.0. The molecule has 2 N–H and O–H groups in total. The highest BCUT2D eigenvalue weighted by Gasteiger charge is 2.53. The zero-order valence-corrected chi connectivity index (χ0v) is 9.80. The van der Waals surface area contributed by atoms with Gasteiger partial charge in [-0.15, -0.1) is 0 Å². The first-order chi connectivity index (χ1) is 7.70. The fourth-order valence-electron chi connectivity index (χ4n) is 1.78. The highest BCUT2D eigenvalue weighted by Crippen LogP contribution is 2.34. The Morgan fingerprint density at radius 2 is 1.94 bits per heavy atom. The van der Waals surface area contributed by atoms with Crippen molar-refractivity contribution in [1.29, 1.82) is 0 Å². The Bertz CT molecular complexity index is 415. The molecule has 0 aliphatic carbocycles. The van der Waals surface area contributed by atoms with Gasteiger partial charge in [0, 0.05) is 32.3 Å². The summed E-state index contributed by atoms with van der Waals surface area (Å²) in [5.41, 5.74) is -1.56. The van der Waals surface area contributed by atoms with E-state index in [2.05, 4.69) is 0 Å². The number of rotatable bonds is 2. The summed E-state index contributed by atoms with van der Waals surface area (Å²) in [6.45, 7) is 1.22. The van der Waals surface area contributed by atoms with Gasteiger partial charge in [0.05, 0.1) is 0 Å². The van der Waals surface area contributed by atoms with E-state index in [0.717, 1.165) is 0 Å². The Hall–Kier alpha value is -2.05. The van der Waals surface area contributed by atoms with Gasteiger partial charge in [0.2, 0.25) is 0 Å². The minimum Gasteiger partial charge on any atom is -0.479 e. The molecule has 0 aromatic carbocycles. The summed E-state index contributed by atoms with van der Waals surface area (Å²) in [5.74, 6) is -2.12. The van der Waals surface area contributed by atoms with E-state index in [0.29, 0.717) is 4.90 Å². The lowest BCUT2D eigenvalue weighted by Gasteiger charge is -2.25. The third kappa shape index (κ3) is 2.08. The molecule has 7 nitrogen and oxygen atoms in total. The average Bonchev–Trinajstić information content (AvgIpc) is 2.38. The van der Waals surface area contributed by atoms with E-state index >= 15 is 0 Å². The van der Waals surface area contributed by atoms with E-state index in [-0.39, 0.29) is 12.0 Å². The smallest absolute Gasteiger partial charge is 0.415 e. The second kappa shape index (κ2) is 4.08. The van der Waals surface area contributed by atoms with Gasteiger partial charge < -0.3 is 15.1 Å². The molecule has 0 saturated carbocycles. The summed E-state index contributed by atoms with van der Waals surface area (Å²) in [6.07, 6.45) is -0.250. The maximum Gasteiger partial charge on any atom is 0.415 e. The van der Waals surface area contributed by atoms with Gasteiger partial charge in [-0.2, -0.15) is 0 Å². The predicted octanol–water partition coefficient (Wildman–Crippen LogP) is 0.185. The van der Waals surface area contributed by atoms with Gasteiger partial charge in [0.25, 0.3) is 5.91 Å². The summed E-state index contributed by atoms with van der Waals surface area (Å²) in [7, 11) is 3.34. The number of nitrogens with zero attached hydrogens (tertiary/aromatic N) is 2. The number of aliphatic carboxylic acids is 1. The number of hydrogen-bond acceptors (Lipinski definition) is 4. The van der Waals surface area contributed by atoms with E-state index in [1.807, 2.05) is 0 Å². The molecule has 1 rings (SSSR count). The monoisotopic (exact) mass is 242 g/mol. The molecule has 1 aliphatic heterocycles. The van der Waals surface area contributed by atoms with Crippen molar-refractivity contribution in [2.75, 3.05) is 14.1 Å². The second-order valence-corrected chi connectivity index (χ2v) is 4.30. The van der Waals surface area contributed by atoms with Crippen LogP contribution in [0.2, 0.25) is 0 Å². The van der Waals surface area contributed by atoms with Crippen LogP contribution in [0.4, 0.5) is 4.79 Å². The van der Waals surface area contributed by atoms with Crippen molar-refractivity contribution in [1.82, 2.24) is 9.80 Å². The molecule has 1 aliphatic rings. The van der Waals surface area contributed by atoms with Crippen molar-refractivity contribution in [3.8, 4) is 0 Å². The van der Waals surface area contributed by atoms with Crippen LogP contribution >= 0.6 is 0 Å². The van der Waals surface area contributed by atoms with Crippen molar-refractivity contribution in [3.05, 3.63) is 11.8 Å². The van der Waals surface area contributed by atoms with Gasteiger partial charge in [0.15, 0.2) is 5.54 Å². The number of imide groups is 1. The Morgan fingerprint density at radius 3 is 2.24 bits per heavy atom. The van der Waals surface area contributed by atoms with Gasteiger partial charge in [-0.3, -0.25) is 4.79 Å². The fraction of sp³-hybridized carbons (Fsp3) is 0.500. The molecule has 1 heterocycles. The molecule has 0 aromatic rings. The summed E-state index contributed by atoms with van der Waals surface area (Å²) in [4.78, 5) is 35.8. The van der Waals surface area contributed by atoms with Crippen LogP contribution in [0.25, 0.3) is 0 Å². The highest BCUT2D eigenvalue weighted by molar-refractivity contribution is 6.09. The van der Waals surface area contributed by atoms with Crippen molar-refractivity contribution in [2.24, 2.45) is 0 Å². The molecule has 1 saturated heterocycles. The van der Waals surface area contributed by atoms with Gasteiger partial charge in [-0.05, 0) is 6.92 Å². The summed E-state index contributed by atoms with van der Waals surface area (Å²) in [5, 5.41) is 18.0. The van der Waals surface area contributed by atoms with Gasteiger partial charge in [-0.25, -0.2) is 14.5 Å². The average molecular weight is 242 g/mol. The highest BCUT2D eigenvalue weighted by atomic mass is 16.4. The van der Waals surface area contributed by atoms with Crippen LogP contribution in [0.5, 0.6) is 0 Å². The van der Waals surface area contributed by atoms with Gasteiger partial charge in [0.1, 0.15) is 0 Å². The molecule has 1 fully saturated rings. The molecule has 7 heteroatoms. The Balaban J connectivity index is 3.24. The second-order valence-electron chi connectivity index (χ2n) is 4.30. The van der Waals surface area contributed by atoms with Crippen molar-refractivity contribution >= 4 is 18.0 Å². The van der Waals surface area contributed by atoms with Crippen molar-refractivity contribution in [2.45, 2.75) is 18.9 Å². The largest absolute Gasteiger partial charge is 0.479 e. The van der Waals surface area contributed by atoms with Crippen molar-refractivity contribution < 1.29 is 24.6 Å². The normalized spacial score (nSPS) is 26.4. The number of carboxylic acid groups (broad SMARTS) is 2. The number of hydrogen-bond donors (Lipinski definition) is 2. The molecular formula is C10H14N2O5. The lowest BCUT2D eigenvalue weighted by molar-refractivity contribution is -0.151. The lowest BCUT2D eigenvalue weighted by Crippen LogP contribution is -2.51. The fourth-order valence-corrected chi connectivity index (χ4v) is 1.78. The third-order valence-corrected chi connectivity index (χ3v) is 2.57. The van der Waals surface area contributed by atoms with Crippen LogP contribution < -0.4 is 0 Å². The predicted molar refractivity (Wildman–Crippen MR) is 57.3 cm³/mol. The van der Waals surface area contributed by atoms with Crippen LogP contribution in [0.15, 0.2) is 11.8 Å². The SMILES string of the molecule is CN(C)/C=C1\C[C@@](C)(C(=O)O)N(C(=O)O)C1=O. The summed E-state index contributed by atoms with van der Waals surface area (Å²) in [6, 6.07) is 0. The van der Waals surface area contributed by atoms with E-state index in [4.69, 9.17) is 10.2 Å². The Labute approximate surface area is 97.9 Å². The molecule has 2 amide bonds. The molecule has 94 valence electrons. The number of carboxylic acids is 1. The van der Waals surface area contributed by atoms with E-state index < -0.39 is 23.5 Å². The summed E-state index contributed by atoms with van der Waals surface area (Å²) < 4.78 is 0. The maximum atomic E-state index is 11.8. The first-order valence-corrected chi connectivity index (χ1v) is 4.88.